The van der Waals surface area contributed by atoms with Gasteiger partial charge in [-0.2, -0.15) is 0 Å². The third-order valence-electron chi connectivity index (χ3n) is 3.40. The van der Waals surface area contributed by atoms with Crippen molar-refractivity contribution in [3.05, 3.63) is 36.0 Å². The van der Waals surface area contributed by atoms with E-state index in [2.05, 4.69) is 16.4 Å². The number of nitrogens with one attached hydrogen (secondary N) is 2. The number of carbonyl (C=O) groups excluding carboxylic acids is 2. The van der Waals surface area contributed by atoms with Crippen LogP contribution in [0.3, 0.4) is 0 Å². The fraction of sp³-hybridized carbons (Fsp3) is 0.412. The first kappa shape index (κ1) is 16.1. The standard InChI is InChI=1S/C17H22N2O3/c1-12(20)22-17(2,3)10-16(21)18-9-8-13-11-19-15-7-5-4-6-14(13)15/h4-7,11,19H,8-10H2,1-3H3,(H,18,21). The summed E-state index contributed by atoms with van der Waals surface area (Å²) >= 11 is 0. The van der Waals surface area contributed by atoms with Gasteiger partial charge in [0, 0.05) is 30.6 Å². The van der Waals surface area contributed by atoms with Crippen molar-refractivity contribution in [1.29, 1.82) is 0 Å². The maximum Gasteiger partial charge on any atom is 0.303 e. The summed E-state index contributed by atoms with van der Waals surface area (Å²) in [5.74, 6) is -0.498. The van der Waals surface area contributed by atoms with E-state index in [0.717, 1.165) is 11.9 Å². The van der Waals surface area contributed by atoms with E-state index in [1.165, 1.54) is 17.9 Å². The van der Waals surface area contributed by atoms with Crippen LogP contribution >= 0.6 is 0 Å². The number of carbonyl (C=O) groups is 2. The molecule has 0 spiro atoms. The molecule has 5 heteroatoms. The molecule has 1 amide bonds. The summed E-state index contributed by atoms with van der Waals surface area (Å²) < 4.78 is 5.11. The van der Waals surface area contributed by atoms with Crippen LogP contribution in [-0.4, -0.2) is 29.0 Å². The molecule has 1 aromatic heterocycles. The lowest BCUT2D eigenvalue weighted by Crippen LogP contribution is -2.36. The fourth-order valence-electron chi connectivity index (χ4n) is 2.55. The highest BCUT2D eigenvalue weighted by molar-refractivity contribution is 5.83. The van der Waals surface area contributed by atoms with Crippen LogP contribution in [0.1, 0.15) is 32.8 Å². The Labute approximate surface area is 130 Å². The lowest BCUT2D eigenvalue weighted by atomic mass is 10.0. The summed E-state index contributed by atoms with van der Waals surface area (Å²) in [4.78, 5) is 26.1. The first-order chi connectivity index (χ1) is 10.4. The van der Waals surface area contributed by atoms with Gasteiger partial charge in [0.15, 0.2) is 0 Å². The lowest BCUT2D eigenvalue weighted by Gasteiger charge is -2.23. The zero-order valence-corrected chi connectivity index (χ0v) is 13.2. The molecule has 2 aromatic rings. The number of esters is 1. The summed E-state index contributed by atoms with van der Waals surface area (Å²) in [5.41, 5.74) is 1.49. The van der Waals surface area contributed by atoms with Gasteiger partial charge in [-0.15, -0.1) is 0 Å². The van der Waals surface area contributed by atoms with Gasteiger partial charge in [-0.3, -0.25) is 9.59 Å². The molecule has 0 bridgehead atoms. The molecular weight excluding hydrogens is 280 g/mol. The minimum atomic E-state index is -0.781. The van der Waals surface area contributed by atoms with Crippen molar-refractivity contribution >= 4 is 22.8 Å². The monoisotopic (exact) mass is 302 g/mol. The number of rotatable bonds is 6. The summed E-state index contributed by atoms with van der Waals surface area (Å²) in [6, 6.07) is 8.08. The molecule has 0 aliphatic carbocycles. The number of amides is 1. The van der Waals surface area contributed by atoms with E-state index in [-0.39, 0.29) is 18.3 Å². The molecule has 0 atom stereocenters. The number of benzene rings is 1. The van der Waals surface area contributed by atoms with Crippen molar-refractivity contribution in [3.63, 3.8) is 0 Å². The Bertz CT molecular complexity index is 673. The molecule has 0 saturated carbocycles. The smallest absolute Gasteiger partial charge is 0.303 e. The average molecular weight is 302 g/mol. The molecule has 1 heterocycles. The number of H-pyrrole nitrogens is 1. The number of aromatic amines is 1. The Hall–Kier alpha value is -2.30. The van der Waals surface area contributed by atoms with Gasteiger partial charge in [-0.05, 0) is 31.9 Å². The molecule has 22 heavy (non-hydrogen) atoms. The third-order valence-corrected chi connectivity index (χ3v) is 3.40. The van der Waals surface area contributed by atoms with E-state index in [1.807, 2.05) is 24.4 Å². The van der Waals surface area contributed by atoms with Crippen LogP contribution in [0.2, 0.25) is 0 Å². The predicted molar refractivity (Wildman–Crippen MR) is 85.5 cm³/mol. The molecule has 0 fully saturated rings. The summed E-state index contributed by atoms with van der Waals surface area (Å²) in [7, 11) is 0. The lowest BCUT2D eigenvalue weighted by molar-refractivity contribution is -0.155. The number of aromatic nitrogens is 1. The maximum atomic E-state index is 11.9. The minimum absolute atomic E-state index is 0.119. The number of fused-ring (bicyclic) bond motifs is 1. The second kappa shape index (κ2) is 6.64. The highest BCUT2D eigenvalue weighted by Crippen LogP contribution is 2.18. The summed E-state index contributed by atoms with van der Waals surface area (Å²) in [6.07, 6.45) is 2.88. The Kier molecular flexibility index (Phi) is 4.85. The predicted octanol–water partition coefficient (Wildman–Crippen LogP) is 2.56. The molecule has 118 valence electrons. The van der Waals surface area contributed by atoms with E-state index in [1.54, 1.807) is 13.8 Å². The molecule has 2 rings (SSSR count). The molecule has 0 radical (unpaired) electrons. The van der Waals surface area contributed by atoms with Crippen LogP contribution in [0.15, 0.2) is 30.5 Å². The third kappa shape index (κ3) is 4.35. The zero-order valence-electron chi connectivity index (χ0n) is 13.2. The topological polar surface area (TPSA) is 71.2 Å². The normalized spacial score (nSPS) is 11.4. The molecule has 0 unspecified atom stereocenters. The molecule has 0 aliphatic heterocycles. The van der Waals surface area contributed by atoms with Gasteiger partial charge in [0.1, 0.15) is 5.60 Å². The largest absolute Gasteiger partial charge is 0.459 e. The number of para-hydroxylation sites is 1. The van der Waals surface area contributed by atoms with E-state index in [0.29, 0.717) is 6.54 Å². The Morgan fingerprint density at radius 2 is 2.00 bits per heavy atom. The summed E-state index contributed by atoms with van der Waals surface area (Å²) in [5, 5.41) is 4.05. The molecule has 0 saturated heterocycles. The van der Waals surface area contributed by atoms with Crippen LogP contribution in [0, 0.1) is 0 Å². The quantitative estimate of drug-likeness (QED) is 0.806. The van der Waals surface area contributed by atoms with Crippen molar-refractivity contribution in [2.75, 3.05) is 6.54 Å². The van der Waals surface area contributed by atoms with Gasteiger partial charge in [0.2, 0.25) is 5.91 Å². The van der Waals surface area contributed by atoms with Crippen molar-refractivity contribution in [3.8, 4) is 0 Å². The highest BCUT2D eigenvalue weighted by Gasteiger charge is 2.24. The first-order valence-electron chi connectivity index (χ1n) is 7.39. The van der Waals surface area contributed by atoms with Crippen LogP contribution in [-0.2, 0) is 20.7 Å². The van der Waals surface area contributed by atoms with Crippen molar-refractivity contribution < 1.29 is 14.3 Å². The Morgan fingerprint density at radius 3 is 2.73 bits per heavy atom. The zero-order chi connectivity index (χ0) is 16.2. The van der Waals surface area contributed by atoms with E-state index >= 15 is 0 Å². The second-order valence-corrected chi connectivity index (χ2v) is 5.99. The van der Waals surface area contributed by atoms with Crippen molar-refractivity contribution in [2.24, 2.45) is 0 Å². The van der Waals surface area contributed by atoms with Crippen LogP contribution < -0.4 is 5.32 Å². The number of hydrogen-bond acceptors (Lipinski definition) is 3. The number of ether oxygens (including phenoxy) is 1. The molecule has 5 nitrogen and oxygen atoms in total. The SMILES string of the molecule is CC(=O)OC(C)(C)CC(=O)NCCc1c[nH]c2ccccc12. The van der Waals surface area contributed by atoms with Crippen LogP contribution in [0.4, 0.5) is 0 Å². The van der Waals surface area contributed by atoms with Gasteiger partial charge in [0.05, 0.1) is 6.42 Å². The van der Waals surface area contributed by atoms with Gasteiger partial charge in [-0.1, -0.05) is 18.2 Å². The van der Waals surface area contributed by atoms with Gasteiger partial charge < -0.3 is 15.0 Å². The van der Waals surface area contributed by atoms with Crippen molar-refractivity contribution in [2.45, 2.75) is 39.2 Å². The number of hydrogen-bond donors (Lipinski definition) is 2. The molecular formula is C17H22N2O3. The summed E-state index contributed by atoms with van der Waals surface area (Å²) in [6.45, 7) is 5.36. The minimum Gasteiger partial charge on any atom is -0.459 e. The average Bonchev–Trinajstić information content (AvgIpc) is 2.80. The fourth-order valence-corrected chi connectivity index (χ4v) is 2.55. The van der Waals surface area contributed by atoms with E-state index in [9.17, 15) is 9.59 Å². The molecule has 0 aliphatic rings. The van der Waals surface area contributed by atoms with Gasteiger partial charge >= 0.3 is 5.97 Å². The Balaban J connectivity index is 1.83. The van der Waals surface area contributed by atoms with E-state index in [4.69, 9.17) is 4.74 Å². The molecule has 2 N–H and O–H groups in total. The van der Waals surface area contributed by atoms with Gasteiger partial charge in [-0.25, -0.2) is 0 Å². The maximum absolute atomic E-state index is 11.9. The first-order valence-corrected chi connectivity index (χ1v) is 7.39. The highest BCUT2D eigenvalue weighted by atomic mass is 16.6. The second-order valence-electron chi connectivity index (χ2n) is 5.99. The molecule has 1 aromatic carbocycles. The van der Waals surface area contributed by atoms with E-state index < -0.39 is 5.60 Å². The van der Waals surface area contributed by atoms with Gasteiger partial charge in [0.25, 0.3) is 0 Å². The Morgan fingerprint density at radius 1 is 1.27 bits per heavy atom. The van der Waals surface area contributed by atoms with Crippen LogP contribution in [0.25, 0.3) is 10.9 Å². The van der Waals surface area contributed by atoms with Crippen molar-refractivity contribution in [1.82, 2.24) is 10.3 Å². The van der Waals surface area contributed by atoms with Crippen LogP contribution in [0.5, 0.6) is 0 Å².